The molecule has 0 fully saturated rings. The van der Waals surface area contributed by atoms with Crippen LogP contribution in [0.1, 0.15) is 20.3 Å². The van der Waals surface area contributed by atoms with Crippen molar-refractivity contribution in [3.63, 3.8) is 0 Å². The predicted molar refractivity (Wildman–Crippen MR) is 51.4 cm³/mol. The first kappa shape index (κ1) is 9.92. The molecule has 0 saturated heterocycles. The fourth-order valence-electron chi connectivity index (χ4n) is 1.33. The van der Waals surface area contributed by atoms with Crippen molar-refractivity contribution in [2.75, 3.05) is 7.05 Å². The number of nitrogens with one attached hydrogen (secondary N) is 1. The second-order valence-corrected chi connectivity index (χ2v) is 4.22. The van der Waals surface area contributed by atoms with E-state index in [0.717, 1.165) is 10.2 Å². The number of hydrogen-bond acceptors (Lipinski definition) is 1. The number of hydrogen-bond donors (Lipinski definition) is 1. The summed E-state index contributed by atoms with van der Waals surface area (Å²) in [5, 5.41) is 4.68. The highest BCUT2D eigenvalue weighted by Gasteiger charge is 2.12. The van der Waals surface area contributed by atoms with E-state index in [-0.39, 0.29) is 0 Å². The summed E-state index contributed by atoms with van der Waals surface area (Å²) in [6, 6.07) is 0.593. The standard InChI is InChI=1S/C8H19NSi/c1-5-8(7(3)10)6(2)9-4/h6,8-9H,3,5H2,1-2,4,10H3. The normalized spacial score (nSPS) is 16.7. The highest BCUT2D eigenvalue weighted by atomic mass is 28.1. The molecular formula is C8H19NSi. The molecule has 0 spiro atoms. The third kappa shape index (κ3) is 2.67. The van der Waals surface area contributed by atoms with E-state index in [0.29, 0.717) is 12.0 Å². The van der Waals surface area contributed by atoms with E-state index in [1.807, 2.05) is 7.05 Å². The van der Waals surface area contributed by atoms with Crippen LogP contribution in [0.3, 0.4) is 0 Å². The summed E-state index contributed by atoms with van der Waals surface area (Å²) in [5.41, 5.74) is 0. The molecule has 0 heterocycles. The topological polar surface area (TPSA) is 12.0 Å². The SMILES string of the molecule is C=C([SiH3])C(CC)C(C)NC. The van der Waals surface area contributed by atoms with Crippen LogP contribution in [0.25, 0.3) is 0 Å². The Morgan fingerprint density at radius 2 is 2.20 bits per heavy atom. The Balaban J connectivity index is 3.92. The zero-order valence-corrected chi connectivity index (χ0v) is 9.57. The molecule has 0 aromatic heterocycles. The van der Waals surface area contributed by atoms with Crippen molar-refractivity contribution in [1.29, 1.82) is 0 Å². The van der Waals surface area contributed by atoms with Gasteiger partial charge in [0.25, 0.3) is 0 Å². The van der Waals surface area contributed by atoms with Gasteiger partial charge in [-0.1, -0.05) is 12.1 Å². The molecule has 1 nitrogen and oxygen atoms in total. The van der Waals surface area contributed by atoms with Crippen molar-refractivity contribution in [3.8, 4) is 0 Å². The fraction of sp³-hybridized carbons (Fsp3) is 0.750. The largest absolute Gasteiger partial charge is 0.317 e. The van der Waals surface area contributed by atoms with Crippen LogP contribution < -0.4 is 5.32 Å². The monoisotopic (exact) mass is 157 g/mol. The fourth-order valence-corrected chi connectivity index (χ4v) is 2.24. The average Bonchev–Trinajstić information content (AvgIpc) is 1.88. The minimum Gasteiger partial charge on any atom is -0.317 e. The molecule has 1 N–H and O–H groups in total. The minimum atomic E-state index is 0.593. The lowest BCUT2D eigenvalue weighted by Crippen LogP contribution is -2.31. The van der Waals surface area contributed by atoms with Gasteiger partial charge in [-0.25, -0.2) is 0 Å². The molecule has 0 radical (unpaired) electrons. The summed E-state index contributed by atoms with van der Waals surface area (Å²) >= 11 is 0. The minimum absolute atomic E-state index is 0.593. The zero-order valence-electron chi connectivity index (χ0n) is 7.57. The molecule has 0 aliphatic rings. The molecular weight excluding hydrogens is 138 g/mol. The van der Waals surface area contributed by atoms with Gasteiger partial charge in [0.2, 0.25) is 0 Å². The summed E-state index contributed by atoms with van der Waals surface area (Å²) in [6.07, 6.45) is 1.21. The molecule has 2 heteroatoms. The molecule has 0 aromatic carbocycles. The van der Waals surface area contributed by atoms with E-state index in [9.17, 15) is 0 Å². The lowest BCUT2D eigenvalue weighted by molar-refractivity contribution is 0.449. The molecule has 2 atom stereocenters. The van der Waals surface area contributed by atoms with Crippen LogP contribution >= 0.6 is 0 Å². The summed E-state index contributed by atoms with van der Waals surface area (Å²) in [4.78, 5) is 0. The van der Waals surface area contributed by atoms with Crippen LogP contribution in [0.5, 0.6) is 0 Å². The molecule has 0 amide bonds. The van der Waals surface area contributed by atoms with Gasteiger partial charge in [-0.2, -0.15) is 0 Å². The van der Waals surface area contributed by atoms with Crippen LogP contribution in [0.2, 0.25) is 0 Å². The van der Waals surface area contributed by atoms with Crippen molar-refractivity contribution in [1.82, 2.24) is 5.32 Å². The molecule has 0 rings (SSSR count). The van der Waals surface area contributed by atoms with Gasteiger partial charge in [0.15, 0.2) is 0 Å². The molecule has 0 aliphatic carbocycles. The van der Waals surface area contributed by atoms with Gasteiger partial charge in [-0.05, 0) is 26.3 Å². The van der Waals surface area contributed by atoms with Crippen molar-refractivity contribution in [3.05, 3.63) is 11.8 Å². The van der Waals surface area contributed by atoms with Crippen molar-refractivity contribution in [2.45, 2.75) is 26.3 Å². The van der Waals surface area contributed by atoms with Crippen molar-refractivity contribution in [2.24, 2.45) is 5.92 Å². The lowest BCUT2D eigenvalue weighted by atomic mass is 9.98. The van der Waals surface area contributed by atoms with Gasteiger partial charge < -0.3 is 5.32 Å². The summed E-state index contributed by atoms with van der Waals surface area (Å²) in [5.74, 6) is 0.691. The second kappa shape index (κ2) is 4.69. The highest BCUT2D eigenvalue weighted by molar-refractivity contribution is 6.21. The Hall–Kier alpha value is -0.0831. The van der Waals surface area contributed by atoms with E-state index in [4.69, 9.17) is 0 Å². The van der Waals surface area contributed by atoms with Crippen LogP contribution in [0.15, 0.2) is 11.8 Å². The van der Waals surface area contributed by atoms with Crippen LogP contribution in [-0.4, -0.2) is 23.3 Å². The predicted octanol–water partition coefficient (Wildman–Crippen LogP) is 0.500. The van der Waals surface area contributed by atoms with Crippen LogP contribution in [0, 0.1) is 5.92 Å². The molecule has 60 valence electrons. The number of rotatable bonds is 4. The lowest BCUT2D eigenvalue weighted by Gasteiger charge is -2.22. The van der Waals surface area contributed by atoms with Crippen LogP contribution in [0.4, 0.5) is 0 Å². The molecule has 0 bridgehead atoms. The van der Waals surface area contributed by atoms with E-state index in [1.54, 1.807) is 0 Å². The zero-order chi connectivity index (χ0) is 8.15. The van der Waals surface area contributed by atoms with Crippen LogP contribution in [-0.2, 0) is 0 Å². The third-order valence-electron chi connectivity index (χ3n) is 2.13. The van der Waals surface area contributed by atoms with Crippen molar-refractivity contribution >= 4 is 10.2 Å². The Morgan fingerprint density at radius 1 is 1.70 bits per heavy atom. The van der Waals surface area contributed by atoms with E-state index < -0.39 is 0 Å². The maximum Gasteiger partial charge on any atom is 0.0329 e. The Labute approximate surface area is 67.3 Å². The van der Waals surface area contributed by atoms with Gasteiger partial charge in [0.05, 0.1) is 0 Å². The highest BCUT2D eigenvalue weighted by Crippen LogP contribution is 2.14. The summed E-state index contributed by atoms with van der Waals surface area (Å²) in [6.45, 7) is 8.46. The Kier molecular flexibility index (Phi) is 4.65. The quantitative estimate of drug-likeness (QED) is 0.586. The van der Waals surface area contributed by atoms with Gasteiger partial charge in [0.1, 0.15) is 0 Å². The maximum absolute atomic E-state index is 4.02. The van der Waals surface area contributed by atoms with Gasteiger partial charge in [-0.3, -0.25) is 0 Å². The van der Waals surface area contributed by atoms with E-state index in [1.165, 1.54) is 11.6 Å². The Bertz CT molecular complexity index is 112. The molecule has 2 unspecified atom stereocenters. The summed E-state index contributed by atoms with van der Waals surface area (Å²) in [7, 11) is 3.14. The Morgan fingerprint density at radius 3 is 2.30 bits per heavy atom. The first-order valence-electron chi connectivity index (χ1n) is 3.96. The van der Waals surface area contributed by atoms with E-state index >= 15 is 0 Å². The van der Waals surface area contributed by atoms with Gasteiger partial charge in [0, 0.05) is 16.3 Å². The second-order valence-electron chi connectivity index (χ2n) is 2.94. The molecule has 0 aromatic rings. The maximum atomic E-state index is 4.02. The van der Waals surface area contributed by atoms with Gasteiger partial charge >= 0.3 is 0 Å². The van der Waals surface area contributed by atoms with E-state index in [2.05, 4.69) is 25.7 Å². The molecule has 0 saturated carbocycles. The average molecular weight is 157 g/mol. The first-order valence-corrected chi connectivity index (χ1v) is 4.96. The molecule has 0 aliphatic heterocycles. The summed E-state index contributed by atoms with van der Waals surface area (Å²) < 4.78 is 0. The smallest absolute Gasteiger partial charge is 0.0329 e. The van der Waals surface area contributed by atoms with Gasteiger partial charge in [-0.15, -0.1) is 6.58 Å². The van der Waals surface area contributed by atoms with Crippen molar-refractivity contribution < 1.29 is 0 Å². The molecule has 10 heavy (non-hydrogen) atoms. The first-order chi connectivity index (χ1) is 4.63. The third-order valence-corrected chi connectivity index (χ3v) is 2.87.